The Kier molecular flexibility index (Phi) is 5.19. The van der Waals surface area contributed by atoms with Crippen molar-refractivity contribution in [2.45, 2.75) is 44.6 Å². The van der Waals surface area contributed by atoms with Gasteiger partial charge in [-0.3, -0.25) is 14.5 Å². The highest BCUT2D eigenvalue weighted by molar-refractivity contribution is 5.79. The largest absolute Gasteiger partial charge is 0.468 e. The Labute approximate surface area is 114 Å². The normalized spacial score (nSPS) is 19.7. The van der Waals surface area contributed by atoms with Crippen LogP contribution in [0.4, 0.5) is 0 Å². The van der Waals surface area contributed by atoms with Crippen LogP contribution in [0.2, 0.25) is 0 Å². The maximum atomic E-state index is 11.9. The number of hydrogen-bond acceptors (Lipinski definition) is 4. The first-order valence-corrected chi connectivity index (χ1v) is 7.26. The molecule has 0 spiro atoms. The Morgan fingerprint density at radius 1 is 1.16 bits per heavy atom. The van der Waals surface area contributed by atoms with E-state index in [0.717, 1.165) is 19.4 Å². The summed E-state index contributed by atoms with van der Waals surface area (Å²) in [5, 5.41) is 2.96. The predicted octanol–water partition coefficient (Wildman–Crippen LogP) is 0.930. The van der Waals surface area contributed by atoms with Gasteiger partial charge < -0.3 is 10.1 Å². The van der Waals surface area contributed by atoms with E-state index >= 15 is 0 Å². The van der Waals surface area contributed by atoms with Gasteiger partial charge >= 0.3 is 5.97 Å². The molecule has 1 amide bonds. The van der Waals surface area contributed by atoms with E-state index in [0.29, 0.717) is 18.5 Å². The van der Waals surface area contributed by atoms with E-state index in [-0.39, 0.29) is 18.4 Å². The lowest BCUT2D eigenvalue weighted by atomic mass is 10.2. The lowest BCUT2D eigenvalue weighted by molar-refractivity contribution is -0.143. The number of nitrogens with zero attached hydrogens (tertiary/aromatic N) is 1. The third-order valence-corrected chi connectivity index (χ3v) is 4.03. The lowest BCUT2D eigenvalue weighted by Gasteiger charge is -2.26. The molecular formula is C14H24N2O3. The van der Waals surface area contributed by atoms with Crippen molar-refractivity contribution in [1.82, 2.24) is 10.2 Å². The van der Waals surface area contributed by atoms with Gasteiger partial charge in [-0.05, 0) is 31.6 Å². The van der Waals surface area contributed by atoms with Gasteiger partial charge in [0.1, 0.15) is 0 Å². The van der Waals surface area contributed by atoms with Crippen molar-refractivity contribution in [2.75, 3.05) is 26.7 Å². The molecule has 2 aliphatic carbocycles. The van der Waals surface area contributed by atoms with Crippen LogP contribution in [0.15, 0.2) is 0 Å². The van der Waals surface area contributed by atoms with Crippen molar-refractivity contribution in [3.8, 4) is 0 Å². The van der Waals surface area contributed by atoms with Crippen LogP contribution in [-0.2, 0) is 14.3 Å². The highest BCUT2D eigenvalue weighted by Crippen LogP contribution is 2.27. The molecule has 2 fully saturated rings. The van der Waals surface area contributed by atoms with E-state index in [2.05, 4.69) is 5.32 Å². The van der Waals surface area contributed by atoms with E-state index in [1.165, 1.54) is 32.8 Å². The van der Waals surface area contributed by atoms with E-state index in [4.69, 9.17) is 4.74 Å². The Bertz CT molecular complexity index is 323. The van der Waals surface area contributed by atoms with Gasteiger partial charge in [0, 0.05) is 12.6 Å². The van der Waals surface area contributed by atoms with Crippen LogP contribution in [0.5, 0.6) is 0 Å². The Morgan fingerprint density at radius 3 is 2.42 bits per heavy atom. The summed E-state index contributed by atoms with van der Waals surface area (Å²) in [6, 6.07) is 0.353. The van der Waals surface area contributed by atoms with Crippen molar-refractivity contribution in [1.29, 1.82) is 0 Å². The minimum absolute atomic E-state index is 0.0303. The van der Waals surface area contributed by atoms with Crippen molar-refractivity contribution in [3.63, 3.8) is 0 Å². The summed E-state index contributed by atoms with van der Waals surface area (Å²) in [4.78, 5) is 25.3. The fraction of sp³-hybridized carbons (Fsp3) is 0.857. The number of esters is 1. The molecule has 0 aromatic heterocycles. The van der Waals surface area contributed by atoms with Gasteiger partial charge in [0.2, 0.25) is 5.91 Å². The van der Waals surface area contributed by atoms with E-state index in [1.54, 1.807) is 0 Å². The van der Waals surface area contributed by atoms with Crippen molar-refractivity contribution in [3.05, 3.63) is 0 Å². The summed E-state index contributed by atoms with van der Waals surface area (Å²) in [6.07, 6.45) is 6.99. The van der Waals surface area contributed by atoms with Gasteiger partial charge in [-0.1, -0.05) is 12.8 Å². The SMILES string of the molecule is COC(=O)CN(CC(=O)NCC1CC1)C1CCCC1. The van der Waals surface area contributed by atoms with Crippen LogP contribution in [0, 0.1) is 5.92 Å². The molecule has 0 radical (unpaired) electrons. The third kappa shape index (κ3) is 4.82. The second kappa shape index (κ2) is 6.89. The zero-order valence-corrected chi connectivity index (χ0v) is 11.7. The van der Waals surface area contributed by atoms with Crippen molar-refractivity contribution >= 4 is 11.9 Å². The molecule has 5 heteroatoms. The molecule has 0 saturated heterocycles. The predicted molar refractivity (Wildman–Crippen MR) is 71.6 cm³/mol. The molecule has 2 aliphatic rings. The van der Waals surface area contributed by atoms with Crippen molar-refractivity contribution < 1.29 is 14.3 Å². The monoisotopic (exact) mass is 268 g/mol. The fourth-order valence-electron chi connectivity index (χ4n) is 2.63. The first-order valence-electron chi connectivity index (χ1n) is 7.26. The number of methoxy groups -OCH3 is 1. The molecule has 19 heavy (non-hydrogen) atoms. The lowest BCUT2D eigenvalue weighted by Crippen LogP contribution is -2.45. The summed E-state index contributed by atoms with van der Waals surface area (Å²) in [5.41, 5.74) is 0. The van der Waals surface area contributed by atoms with Crippen LogP contribution >= 0.6 is 0 Å². The molecule has 1 N–H and O–H groups in total. The molecule has 0 atom stereocenters. The molecule has 0 aromatic carbocycles. The Morgan fingerprint density at radius 2 is 1.84 bits per heavy atom. The number of carbonyl (C=O) groups is 2. The second-order valence-electron chi connectivity index (χ2n) is 5.67. The van der Waals surface area contributed by atoms with Crippen LogP contribution < -0.4 is 5.32 Å². The molecule has 5 nitrogen and oxygen atoms in total. The molecule has 0 bridgehead atoms. The quantitative estimate of drug-likeness (QED) is 0.698. The van der Waals surface area contributed by atoms with Crippen LogP contribution in [0.1, 0.15) is 38.5 Å². The fourth-order valence-corrected chi connectivity index (χ4v) is 2.63. The third-order valence-electron chi connectivity index (χ3n) is 4.03. The van der Waals surface area contributed by atoms with Crippen LogP contribution in [0.3, 0.4) is 0 Å². The van der Waals surface area contributed by atoms with Crippen LogP contribution in [-0.4, -0.2) is 49.6 Å². The summed E-state index contributed by atoms with van der Waals surface area (Å²) in [7, 11) is 1.39. The van der Waals surface area contributed by atoms with Crippen molar-refractivity contribution in [2.24, 2.45) is 5.92 Å². The van der Waals surface area contributed by atoms with Gasteiger partial charge in [0.25, 0.3) is 0 Å². The van der Waals surface area contributed by atoms with Gasteiger partial charge in [-0.15, -0.1) is 0 Å². The zero-order chi connectivity index (χ0) is 13.7. The number of hydrogen-bond donors (Lipinski definition) is 1. The minimum Gasteiger partial charge on any atom is -0.468 e. The second-order valence-corrected chi connectivity index (χ2v) is 5.67. The highest BCUT2D eigenvalue weighted by Gasteiger charge is 2.27. The number of ether oxygens (including phenoxy) is 1. The highest BCUT2D eigenvalue weighted by atomic mass is 16.5. The minimum atomic E-state index is -0.262. The summed E-state index contributed by atoms with van der Waals surface area (Å²) in [5.74, 6) is 0.453. The number of nitrogens with one attached hydrogen (secondary N) is 1. The molecule has 0 unspecified atom stereocenters. The molecule has 108 valence electrons. The summed E-state index contributed by atoms with van der Waals surface area (Å²) < 4.78 is 4.72. The Balaban J connectivity index is 1.80. The first kappa shape index (κ1) is 14.3. The maximum Gasteiger partial charge on any atom is 0.319 e. The molecule has 2 saturated carbocycles. The topological polar surface area (TPSA) is 58.6 Å². The van der Waals surface area contributed by atoms with Gasteiger partial charge in [0.05, 0.1) is 20.2 Å². The average molecular weight is 268 g/mol. The molecular weight excluding hydrogens is 244 g/mol. The van der Waals surface area contributed by atoms with Crippen LogP contribution in [0.25, 0.3) is 0 Å². The smallest absolute Gasteiger partial charge is 0.319 e. The molecule has 0 aliphatic heterocycles. The number of carbonyl (C=O) groups excluding carboxylic acids is 2. The van der Waals surface area contributed by atoms with Gasteiger partial charge in [-0.2, -0.15) is 0 Å². The molecule has 0 aromatic rings. The van der Waals surface area contributed by atoms with Gasteiger partial charge in [-0.25, -0.2) is 0 Å². The Hall–Kier alpha value is -1.10. The first-order chi connectivity index (χ1) is 9.19. The standard InChI is InChI=1S/C14H24N2O3/c1-19-14(18)10-16(12-4-2-3-5-12)9-13(17)15-8-11-6-7-11/h11-12H,2-10H2,1H3,(H,15,17). The zero-order valence-electron chi connectivity index (χ0n) is 11.7. The van der Waals surface area contributed by atoms with E-state index in [9.17, 15) is 9.59 Å². The number of amides is 1. The molecule has 2 rings (SSSR count). The number of rotatable bonds is 7. The van der Waals surface area contributed by atoms with E-state index < -0.39 is 0 Å². The summed E-state index contributed by atoms with van der Waals surface area (Å²) in [6.45, 7) is 1.32. The van der Waals surface area contributed by atoms with Gasteiger partial charge in [0.15, 0.2) is 0 Å². The molecule has 0 heterocycles. The summed E-state index contributed by atoms with van der Waals surface area (Å²) >= 11 is 0. The van der Waals surface area contributed by atoms with E-state index in [1.807, 2.05) is 4.90 Å². The maximum absolute atomic E-state index is 11.9. The average Bonchev–Trinajstić information content (AvgIpc) is 3.07.